The monoisotopic (exact) mass is 683 g/mol. The first-order chi connectivity index (χ1) is 22.4. The molecule has 13 heteroatoms. The van der Waals surface area contributed by atoms with Gasteiger partial charge in [0.1, 0.15) is 35.9 Å². The average Bonchev–Trinajstić information content (AvgIpc) is 3.05. The van der Waals surface area contributed by atoms with Crippen molar-refractivity contribution in [2.75, 3.05) is 21.2 Å². The van der Waals surface area contributed by atoms with E-state index in [9.17, 15) is 30.0 Å². The van der Waals surface area contributed by atoms with Crippen LogP contribution in [0.4, 0.5) is 0 Å². The van der Waals surface area contributed by atoms with Gasteiger partial charge in [0.15, 0.2) is 12.1 Å². The Kier molecular flexibility index (Phi) is 14.3. The van der Waals surface area contributed by atoms with Gasteiger partial charge in [-0.25, -0.2) is 0 Å². The van der Waals surface area contributed by atoms with Crippen LogP contribution in [0.25, 0.3) is 0 Å². The fourth-order valence-electron chi connectivity index (χ4n) is 7.45. The highest BCUT2D eigenvalue weighted by atomic mass is 16.7. The fraction of sp³-hybridized carbons (Fsp3) is 0.886. The SMILES string of the molecule is CC[C@H]1OC(=O)[C@H](C)C(=O)[C@H](C)C(O[C@@H]2O[C@H](C)C[C@H](N(C)C)[C@H]2O)[C@](C)(OC)C[C@@H](C)/C(=N/N=C2CCCCC2)[C@H](O)[C@@H](O)[C@]1(C)O. The second-order valence-corrected chi connectivity index (χ2v) is 14.9. The van der Waals surface area contributed by atoms with Crippen molar-refractivity contribution >= 4 is 23.2 Å². The molecule has 0 aromatic heterocycles. The summed E-state index contributed by atoms with van der Waals surface area (Å²) in [6, 6.07) is -0.280. The first-order valence-corrected chi connectivity index (χ1v) is 17.6. The number of hydrogen-bond acceptors (Lipinski definition) is 13. The smallest absolute Gasteiger partial charge is 0.316 e. The van der Waals surface area contributed by atoms with Gasteiger partial charge in [0, 0.05) is 30.7 Å². The third kappa shape index (κ3) is 9.08. The van der Waals surface area contributed by atoms with Crippen LogP contribution in [0.3, 0.4) is 0 Å². The molecular formula is C35H61N3O10. The Morgan fingerprint density at radius 1 is 1.00 bits per heavy atom. The minimum atomic E-state index is -2.11. The number of ether oxygens (including phenoxy) is 4. The van der Waals surface area contributed by atoms with Crippen LogP contribution in [-0.2, 0) is 28.5 Å². The van der Waals surface area contributed by atoms with Crippen molar-refractivity contribution < 1.29 is 49.0 Å². The van der Waals surface area contributed by atoms with Crippen molar-refractivity contribution in [3.8, 4) is 0 Å². The van der Waals surface area contributed by atoms with E-state index in [0.717, 1.165) is 37.8 Å². The number of esters is 1. The molecule has 3 fully saturated rings. The molecule has 0 radical (unpaired) electrons. The number of methoxy groups -OCH3 is 1. The summed E-state index contributed by atoms with van der Waals surface area (Å²) in [6.07, 6.45) is -2.87. The summed E-state index contributed by atoms with van der Waals surface area (Å²) in [7, 11) is 5.21. The Morgan fingerprint density at radius 3 is 2.19 bits per heavy atom. The van der Waals surface area contributed by atoms with Gasteiger partial charge in [-0.15, -0.1) is 0 Å². The van der Waals surface area contributed by atoms with E-state index >= 15 is 0 Å². The number of aliphatic hydroxyl groups is 4. The summed E-state index contributed by atoms with van der Waals surface area (Å²) in [5.41, 5.74) is -2.40. The highest BCUT2D eigenvalue weighted by Gasteiger charge is 2.52. The lowest BCUT2D eigenvalue weighted by atomic mass is 9.75. The second kappa shape index (κ2) is 16.9. The number of aliphatic hydroxyl groups excluding tert-OH is 3. The minimum Gasteiger partial charge on any atom is -0.459 e. The molecule has 4 N–H and O–H groups in total. The van der Waals surface area contributed by atoms with E-state index in [1.807, 2.05) is 25.9 Å². The molecule has 0 amide bonds. The van der Waals surface area contributed by atoms with E-state index < -0.39 is 77.5 Å². The highest BCUT2D eigenvalue weighted by Crippen LogP contribution is 2.38. The van der Waals surface area contributed by atoms with E-state index in [1.165, 1.54) is 21.0 Å². The van der Waals surface area contributed by atoms with Gasteiger partial charge in [0.05, 0.1) is 23.5 Å². The number of likely N-dealkylation sites (N-methyl/N-ethyl adjacent to an activating group) is 1. The summed E-state index contributed by atoms with van der Waals surface area (Å²) in [6.45, 7) is 11.5. The van der Waals surface area contributed by atoms with E-state index in [4.69, 9.17) is 18.9 Å². The van der Waals surface area contributed by atoms with Gasteiger partial charge < -0.3 is 44.3 Å². The van der Waals surface area contributed by atoms with Crippen molar-refractivity contribution in [2.24, 2.45) is 28.0 Å². The predicted octanol–water partition coefficient (Wildman–Crippen LogP) is 2.64. The molecule has 276 valence electrons. The van der Waals surface area contributed by atoms with Crippen molar-refractivity contribution in [3.05, 3.63) is 0 Å². The van der Waals surface area contributed by atoms with Crippen LogP contribution in [0.5, 0.6) is 0 Å². The van der Waals surface area contributed by atoms with Crippen molar-refractivity contribution in [3.63, 3.8) is 0 Å². The molecule has 0 aromatic rings. The van der Waals surface area contributed by atoms with Crippen LogP contribution >= 0.6 is 0 Å². The standard InChI is InChI=1S/C35H61N3O10/c1-11-25-35(7,44)30(42)29(41)26(37-36-23-15-13-12-14-16-23)19(2)18-34(6,45-10)31(21(4)27(39)22(5)32(43)47-25)48-33-28(40)24(38(8)9)17-20(3)46-33/h19-22,24-25,28-31,33,40-42,44H,11-18H2,1-10H3/b37-26-/t19-,20-,21+,22-,24+,25-,28-,29+,30-,31?,33+,34-,35-/m1/s1. The molecular weight excluding hydrogens is 622 g/mol. The van der Waals surface area contributed by atoms with Crippen LogP contribution in [0, 0.1) is 17.8 Å². The molecule has 1 saturated carbocycles. The summed E-state index contributed by atoms with van der Waals surface area (Å²) in [5, 5.41) is 55.1. The quantitative estimate of drug-likeness (QED) is 0.184. The zero-order valence-electron chi connectivity index (χ0n) is 30.6. The van der Waals surface area contributed by atoms with Gasteiger partial charge >= 0.3 is 5.97 Å². The number of Topliss-reactive ketones (excluding diaryl/α,β-unsaturated/α-hetero) is 1. The second-order valence-electron chi connectivity index (χ2n) is 14.9. The Morgan fingerprint density at radius 2 is 1.62 bits per heavy atom. The van der Waals surface area contributed by atoms with E-state index in [2.05, 4.69) is 10.2 Å². The fourth-order valence-corrected chi connectivity index (χ4v) is 7.45. The molecule has 13 nitrogen and oxygen atoms in total. The zero-order valence-corrected chi connectivity index (χ0v) is 30.6. The van der Waals surface area contributed by atoms with Gasteiger partial charge in [-0.3, -0.25) is 9.59 Å². The minimum absolute atomic E-state index is 0.0962. The van der Waals surface area contributed by atoms with Crippen molar-refractivity contribution in [1.82, 2.24) is 4.90 Å². The molecule has 48 heavy (non-hydrogen) atoms. The molecule has 3 rings (SSSR count). The summed E-state index contributed by atoms with van der Waals surface area (Å²) < 4.78 is 24.5. The Balaban J connectivity index is 2.17. The average molecular weight is 684 g/mol. The zero-order chi connectivity index (χ0) is 36.1. The van der Waals surface area contributed by atoms with Gasteiger partial charge in [-0.2, -0.15) is 10.2 Å². The van der Waals surface area contributed by atoms with Crippen molar-refractivity contribution in [2.45, 2.75) is 160 Å². The molecule has 0 aromatic carbocycles. The maximum atomic E-state index is 14.1. The van der Waals surface area contributed by atoms with Gasteiger partial charge in [0.2, 0.25) is 0 Å². The number of hydrogen-bond donors (Lipinski definition) is 4. The third-order valence-electron chi connectivity index (χ3n) is 10.7. The van der Waals surface area contributed by atoms with Crippen LogP contribution < -0.4 is 0 Å². The third-order valence-corrected chi connectivity index (χ3v) is 10.7. The van der Waals surface area contributed by atoms with E-state index in [-0.39, 0.29) is 30.7 Å². The maximum Gasteiger partial charge on any atom is 0.316 e. The maximum absolute atomic E-state index is 14.1. The molecule has 2 heterocycles. The summed E-state index contributed by atoms with van der Waals surface area (Å²) >= 11 is 0. The van der Waals surface area contributed by atoms with Crippen LogP contribution in [-0.4, -0.2) is 130 Å². The van der Waals surface area contributed by atoms with Crippen LogP contribution in [0.2, 0.25) is 0 Å². The van der Waals surface area contributed by atoms with Crippen LogP contribution in [0.15, 0.2) is 10.2 Å². The molecule has 1 unspecified atom stereocenters. The number of cyclic esters (lactones) is 1. The molecule has 2 saturated heterocycles. The first kappa shape index (κ1) is 40.6. The van der Waals surface area contributed by atoms with E-state index in [1.54, 1.807) is 27.7 Å². The highest BCUT2D eigenvalue weighted by molar-refractivity contribution is 6.00. The van der Waals surface area contributed by atoms with E-state index in [0.29, 0.717) is 6.42 Å². The first-order valence-electron chi connectivity index (χ1n) is 17.6. The largest absolute Gasteiger partial charge is 0.459 e. The van der Waals surface area contributed by atoms with Gasteiger partial charge in [0.25, 0.3) is 0 Å². The molecule has 0 spiro atoms. The Hall–Kier alpha value is -1.84. The number of carbonyl (C=O) groups excluding carboxylic acids is 2. The summed E-state index contributed by atoms with van der Waals surface area (Å²) in [4.78, 5) is 29.4. The number of rotatable bonds is 6. The number of ketones is 1. The Labute approximate surface area is 286 Å². The molecule has 2 aliphatic heterocycles. The molecule has 1 aliphatic carbocycles. The summed E-state index contributed by atoms with van der Waals surface area (Å²) in [5.74, 6) is -4.23. The number of nitrogens with zero attached hydrogens (tertiary/aromatic N) is 3. The lowest BCUT2D eigenvalue weighted by Gasteiger charge is -2.47. The molecule has 13 atom stereocenters. The number of carbonyl (C=O) groups is 2. The molecule has 3 aliphatic rings. The lowest BCUT2D eigenvalue weighted by molar-refractivity contribution is -0.295. The van der Waals surface area contributed by atoms with Gasteiger partial charge in [-0.05, 0) is 86.7 Å². The topological polar surface area (TPSA) is 180 Å². The molecule has 0 bridgehead atoms. The Bertz CT molecular complexity index is 1150. The van der Waals surface area contributed by atoms with Crippen LogP contribution in [0.1, 0.15) is 99.8 Å². The normalized spacial score (nSPS) is 43.6. The van der Waals surface area contributed by atoms with Crippen molar-refractivity contribution in [1.29, 1.82) is 0 Å². The lowest BCUT2D eigenvalue weighted by Crippen LogP contribution is -2.60. The van der Waals surface area contributed by atoms with Gasteiger partial charge in [-0.1, -0.05) is 27.2 Å². The predicted molar refractivity (Wildman–Crippen MR) is 181 cm³/mol.